The molecular weight excluding hydrogens is 222 g/mol. The maximum atomic E-state index is 10.7. The number of rotatable bonds is 4. The van der Waals surface area contributed by atoms with Gasteiger partial charge in [-0.15, -0.1) is 0 Å². The van der Waals surface area contributed by atoms with E-state index in [4.69, 9.17) is 16.1 Å². The smallest absolute Gasteiger partial charge is 0.362 e. The van der Waals surface area contributed by atoms with Gasteiger partial charge in [-0.25, -0.2) is 4.79 Å². The van der Waals surface area contributed by atoms with E-state index in [2.05, 4.69) is 19.4 Å². The molecule has 0 aliphatic carbocycles. The van der Waals surface area contributed by atoms with Gasteiger partial charge >= 0.3 is 5.97 Å². The Balaban J connectivity index is 2.89. The molecule has 0 spiro atoms. The van der Waals surface area contributed by atoms with Gasteiger partial charge in [-0.2, -0.15) is 14.6 Å². The third kappa shape index (κ3) is 2.89. The van der Waals surface area contributed by atoms with Crippen molar-refractivity contribution < 1.29 is 14.7 Å². The summed E-state index contributed by atoms with van der Waals surface area (Å²) in [7, 11) is 0. The molecule has 1 heterocycles. The van der Waals surface area contributed by atoms with E-state index in [1.807, 2.05) is 0 Å². The van der Waals surface area contributed by atoms with Gasteiger partial charge in [-0.1, -0.05) is 5.16 Å². The maximum absolute atomic E-state index is 10.7. The molecule has 9 heteroatoms. The van der Waals surface area contributed by atoms with Gasteiger partial charge in [0, 0.05) is 11.5 Å². The number of carboxylic acid groups (broad SMARTS) is 1. The monoisotopic (exact) mass is 227 g/mol. The van der Waals surface area contributed by atoms with Crippen molar-refractivity contribution in [2.75, 3.05) is 12.3 Å². The quantitative estimate of drug-likeness (QED) is 0.400. The minimum Gasteiger partial charge on any atom is -0.476 e. The predicted molar refractivity (Wildman–Crippen MR) is 50.1 cm³/mol. The number of aliphatic carboxylic acids is 1. The van der Waals surface area contributed by atoms with Crippen LogP contribution in [0.3, 0.4) is 0 Å². The molecule has 0 bridgehead atoms. The minimum absolute atomic E-state index is 0.124. The lowest BCUT2D eigenvalue weighted by molar-refractivity contribution is -0.129. The second kappa shape index (κ2) is 4.87. The molecule has 0 saturated heterocycles. The highest BCUT2D eigenvalue weighted by Crippen LogP contribution is 2.07. The van der Waals surface area contributed by atoms with Crippen LogP contribution in [-0.4, -0.2) is 32.8 Å². The van der Waals surface area contributed by atoms with E-state index in [1.165, 1.54) is 0 Å². The van der Waals surface area contributed by atoms with Crippen molar-refractivity contribution in [1.82, 2.24) is 9.36 Å². The summed E-state index contributed by atoms with van der Waals surface area (Å²) in [6.07, 6.45) is 0. The van der Waals surface area contributed by atoms with Crippen molar-refractivity contribution in [3.8, 4) is 6.07 Å². The predicted octanol–water partition coefficient (Wildman–Crippen LogP) is -0.551. The normalized spacial score (nSPS) is 10.7. The molecule has 8 nitrogen and oxygen atoms in total. The van der Waals surface area contributed by atoms with Crippen LogP contribution in [0.5, 0.6) is 0 Å². The lowest BCUT2D eigenvalue weighted by Crippen LogP contribution is -2.16. The lowest BCUT2D eigenvalue weighted by Gasteiger charge is -1.94. The number of nitrogen functional groups attached to an aromatic ring is 1. The number of oxime groups is 1. The van der Waals surface area contributed by atoms with Crippen molar-refractivity contribution >= 4 is 28.3 Å². The van der Waals surface area contributed by atoms with E-state index in [0.717, 1.165) is 11.5 Å². The fraction of sp³-hybridized carbons (Fsp3) is 0.167. The highest BCUT2D eigenvalue weighted by Gasteiger charge is 2.18. The van der Waals surface area contributed by atoms with E-state index in [-0.39, 0.29) is 17.6 Å². The summed E-state index contributed by atoms with van der Waals surface area (Å²) in [6.45, 7) is -0.351. The molecule has 0 unspecified atom stereocenters. The molecule has 0 atom stereocenters. The minimum atomic E-state index is -1.36. The number of hydrogen-bond donors (Lipinski definition) is 2. The summed E-state index contributed by atoms with van der Waals surface area (Å²) in [6, 6.07) is 1.63. The largest absolute Gasteiger partial charge is 0.476 e. The van der Waals surface area contributed by atoms with Gasteiger partial charge in [0.1, 0.15) is 6.07 Å². The van der Waals surface area contributed by atoms with Gasteiger partial charge in [0.15, 0.2) is 5.13 Å². The fourth-order valence-electron chi connectivity index (χ4n) is 0.633. The molecular formula is C6H5N5O3S. The molecule has 0 aliphatic rings. The van der Waals surface area contributed by atoms with Crippen molar-refractivity contribution in [3.05, 3.63) is 5.82 Å². The standard InChI is InChI=1S/C6H5N5O3S/c7-1-2-14-10-3(5(12)13)4-9-6(8)15-11-4/h2H2,(H,12,13)(H2,8,9,11). The number of anilines is 1. The van der Waals surface area contributed by atoms with Gasteiger partial charge in [0.05, 0.1) is 0 Å². The van der Waals surface area contributed by atoms with Crippen LogP contribution in [0, 0.1) is 11.3 Å². The topological polar surface area (TPSA) is 134 Å². The average molecular weight is 227 g/mol. The van der Waals surface area contributed by atoms with Crippen LogP contribution < -0.4 is 5.73 Å². The molecule has 0 aliphatic heterocycles. The summed E-state index contributed by atoms with van der Waals surface area (Å²) < 4.78 is 3.65. The Morgan fingerprint density at radius 3 is 3.00 bits per heavy atom. The Kier molecular flexibility index (Phi) is 3.53. The second-order valence-electron chi connectivity index (χ2n) is 2.13. The van der Waals surface area contributed by atoms with Crippen LogP contribution in [-0.2, 0) is 9.63 Å². The zero-order valence-corrected chi connectivity index (χ0v) is 8.06. The first-order chi connectivity index (χ1) is 7.15. The molecule has 0 aromatic carbocycles. The molecule has 1 rings (SSSR count). The number of carboxylic acids is 1. The van der Waals surface area contributed by atoms with Gasteiger partial charge in [0.2, 0.25) is 18.1 Å². The van der Waals surface area contributed by atoms with Crippen LogP contribution in [0.1, 0.15) is 5.82 Å². The highest BCUT2D eigenvalue weighted by atomic mass is 32.1. The molecule has 0 saturated carbocycles. The number of hydrogen-bond acceptors (Lipinski definition) is 8. The molecule has 0 amide bonds. The third-order valence-electron chi connectivity index (χ3n) is 1.14. The number of nitriles is 1. The van der Waals surface area contributed by atoms with Crippen LogP contribution in [0.15, 0.2) is 5.16 Å². The van der Waals surface area contributed by atoms with Crippen molar-refractivity contribution in [1.29, 1.82) is 5.26 Å². The maximum Gasteiger partial charge on any atom is 0.362 e. The Labute approximate surface area is 87.8 Å². The lowest BCUT2D eigenvalue weighted by atomic mass is 10.4. The van der Waals surface area contributed by atoms with Crippen molar-refractivity contribution in [2.24, 2.45) is 5.16 Å². The van der Waals surface area contributed by atoms with Crippen LogP contribution in [0.2, 0.25) is 0 Å². The number of nitrogens with zero attached hydrogens (tertiary/aromatic N) is 4. The fourth-order valence-corrected chi connectivity index (χ4v) is 1.07. The van der Waals surface area contributed by atoms with E-state index in [9.17, 15) is 4.79 Å². The van der Waals surface area contributed by atoms with E-state index in [1.54, 1.807) is 6.07 Å². The third-order valence-corrected chi connectivity index (χ3v) is 1.68. The summed E-state index contributed by atoms with van der Waals surface area (Å²) in [4.78, 5) is 18.7. The Bertz CT molecular complexity index is 434. The van der Waals surface area contributed by atoms with Crippen LogP contribution in [0.4, 0.5) is 5.13 Å². The zero-order chi connectivity index (χ0) is 11.3. The first-order valence-corrected chi connectivity index (χ1v) is 4.32. The van der Waals surface area contributed by atoms with Crippen molar-refractivity contribution in [3.63, 3.8) is 0 Å². The number of aromatic nitrogens is 2. The first kappa shape index (κ1) is 10.9. The zero-order valence-electron chi connectivity index (χ0n) is 7.25. The van der Waals surface area contributed by atoms with E-state index in [0.29, 0.717) is 0 Å². The average Bonchev–Trinajstić information content (AvgIpc) is 2.59. The molecule has 3 N–H and O–H groups in total. The number of nitrogens with two attached hydrogens (primary N) is 1. The van der Waals surface area contributed by atoms with Crippen LogP contribution in [0.25, 0.3) is 0 Å². The van der Waals surface area contributed by atoms with E-state index >= 15 is 0 Å². The van der Waals surface area contributed by atoms with Gasteiger partial charge < -0.3 is 15.7 Å². The number of carbonyl (C=O) groups is 1. The second-order valence-corrected chi connectivity index (χ2v) is 2.92. The molecule has 15 heavy (non-hydrogen) atoms. The molecule has 1 aromatic heterocycles. The van der Waals surface area contributed by atoms with E-state index < -0.39 is 11.7 Å². The van der Waals surface area contributed by atoms with Gasteiger partial charge in [-0.3, -0.25) is 0 Å². The summed E-state index contributed by atoms with van der Waals surface area (Å²) >= 11 is 0.841. The summed E-state index contributed by atoms with van der Waals surface area (Å²) in [5.74, 6) is -1.49. The Hall–Kier alpha value is -2.21. The summed E-state index contributed by atoms with van der Waals surface area (Å²) in [5.41, 5.74) is 4.79. The molecule has 1 aromatic rings. The summed E-state index contributed by atoms with van der Waals surface area (Å²) in [5, 5.41) is 20.2. The van der Waals surface area contributed by atoms with Gasteiger partial charge in [0.25, 0.3) is 0 Å². The SMILES string of the molecule is N#CCON=C(C(=O)O)c1nsc(N)n1. The Morgan fingerprint density at radius 2 is 2.53 bits per heavy atom. The van der Waals surface area contributed by atoms with Crippen molar-refractivity contribution in [2.45, 2.75) is 0 Å². The Morgan fingerprint density at radius 1 is 1.80 bits per heavy atom. The van der Waals surface area contributed by atoms with Crippen LogP contribution >= 0.6 is 11.5 Å². The first-order valence-electron chi connectivity index (χ1n) is 3.55. The molecule has 78 valence electrons. The molecule has 0 fully saturated rings. The van der Waals surface area contributed by atoms with Gasteiger partial charge in [-0.05, 0) is 0 Å². The highest BCUT2D eigenvalue weighted by molar-refractivity contribution is 7.09. The molecule has 0 radical (unpaired) electrons.